The van der Waals surface area contributed by atoms with E-state index in [0.717, 1.165) is 64.7 Å². The number of aromatic nitrogens is 3. The number of aliphatic hydroxyl groups is 2. The minimum Gasteiger partial charge on any atom is -0.508 e. The summed E-state index contributed by atoms with van der Waals surface area (Å²) in [6.07, 6.45) is 8.54. The maximum atomic E-state index is 17.2. The lowest BCUT2D eigenvalue weighted by Gasteiger charge is -2.50. The van der Waals surface area contributed by atoms with Gasteiger partial charge >= 0.3 is 6.01 Å². The van der Waals surface area contributed by atoms with Crippen LogP contribution in [0.2, 0.25) is 0 Å². The van der Waals surface area contributed by atoms with Crippen LogP contribution in [-0.2, 0) is 15.9 Å². The zero-order valence-electron chi connectivity index (χ0n) is 30.5. The molecular formula is C40H49F2N5O6. The number of aromatic hydroxyl groups is 1. The Balaban J connectivity index is 1.24. The van der Waals surface area contributed by atoms with Crippen molar-refractivity contribution in [1.29, 1.82) is 0 Å². The summed E-state index contributed by atoms with van der Waals surface area (Å²) < 4.78 is 50.4. The molecule has 3 saturated heterocycles. The standard InChI is InChI=1S/C40H49F2N5O6/c1-3-28-31(41)8-7-24-16-26(49)17-29(33(24)28)35-34(42)36-30(18-43-35)37(46-19-27(20-48)52-22-39(2,50)21-46)45-38(44-36)53-23-40-11-4-6-32(40)47(13-5-12-40)25-9-14-51-15-10-25/h7-8,16-18,25,27,32,48-50H,3-6,9-15,19-23H2,1-2H3/t27-,32-,39+,40-/m1/s1. The molecule has 1 saturated carbocycles. The predicted molar refractivity (Wildman–Crippen MR) is 196 cm³/mol. The maximum Gasteiger partial charge on any atom is 0.319 e. The number of nitrogens with zero attached hydrogens (tertiary/aromatic N) is 5. The summed E-state index contributed by atoms with van der Waals surface area (Å²) in [5.41, 5.74) is -0.920. The van der Waals surface area contributed by atoms with Crippen molar-refractivity contribution in [1.82, 2.24) is 19.9 Å². The van der Waals surface area contributed by atoms with Crippen LogP contribution in [0.5, 0.6) is 11.8 Å². The first kappa shape index (κ1) is 36.2. The molecule has 0 amide bonds. The molecule has 5 heterocycles. The topological polar surface area (TPSA) is 134 Å². The number of pyridine rings is 1. The second kappa shape index (κ2) is 14.5. The Kier molecular flexibility index (Phi) is 9.90. The Morgan fingerprint density at radius 3 is 2.68 bits per heavy atom. The highest BCUT2D eigenvalue weighted by Gasteiger charge is 2.50. The van der Waals surface area contributed by atoms with E-state index in [-0.39, 0.29) is 65.6 Å². The number of likely N-dealkylation sites (tertiary alicyclic amines) is 1. The van der Waals surface area contributed by atoms with Crippen molar-refractivity contribution in [2.45, 2.75) is 89.0 Å². The van der Waals surface area contributed by atoms with Crippen LogP contribution in [0.15, 0.2) is 30.5 Å². The largest absolute Gasteiger partial charge is 0.508 e. The fourth-order valence-corrected chi connectivity index (χ4v) is 9.54. The number of hydrogen-bond donors (Lipinski definition) is 3. The molecular weight excluding hydrogens is 684 g/mol. The number of benzene rings is 2. The molecule has 0 spiro atoms. The SMILES string of the molecule is CCc1c(F)ccc2cc(O)cc(-c3ncc4c(N5C[C@H](CO)OC[C@@](C)(O)C5)nc(OC[C@]56CCC[C@H]5N(C5CCOCC5)CCC6)nc4c3F)c12. The second-order valence-corrected chi connectivity index (χ2v) is 15.7. The first-order valence-electron chi connectivity index (χ1n) is 19.1. The molecule has 13 heteroatoms. The van der Waals surface area contributed by atoms with Crippen molar-refractivity contribution in [2.24, 2.45) is 5.41 Å². The third kappa shape index (κ3) is 6.79. The number of ether oxygens (including phenoxy) is 3. The number of phenols is 1. The molecule has 0 bridgehead atoms. The lowest BCUT2D eigenvalue weighted by Crippen LogP contribution is -2.56. The van der Waals surface area contributed by atoms with Crippen molar-refractivity contribution in [3.05, 3.63) is 47.7 Å². The second-order valence-electron chi connectivity index (χ2n) is 15.7. The average Bonchev–Trinajstić information content (AvgIpc) is 3.53. The molecule has 4 aromatic rings. The van der Waals surface area contributed by atoms with Gasteiger partial charge in [-0.3, -0.25) is 9.88 Å². The van der Waals surface area contributed by atoms with E-state index in [4.69, 9.17) is 24.2 Å². The molecule has 4 fully saturated rings. The van der Waals surface area contributed by atoms with Crippen LogP contribution in [0.4, 0.5) is 14.6 Å². The Morgan fingerprint density at radius 2 is 1.89 bits per heavy atom. The summed E-state index contributed by atoms with van der Waals surface area (Å²) >= 11 is 0. The Morgan fingerprint density at radius 1 is 1.08 bits per heavy atom. The van der Waals surface area contributed by atoms with Gasteiger partial charge in [-0.1, -0.05) is 19.4 Å². The van der Waals surface area contributed by atoms with Crippen LogP contribution in [-0.4, -0.2) is 112 Å². The van der Waals surface area contributed by atoms with Crippen LogP contribution >= 0.6 is 0 Å². The van der Waals surface area contributed by atoms with Crippen molar-refractivity contribution in [3.63, 3.8) is 0 Å². The van der Waals surface area contributed by atoms with Crippen LogP contribution in [0.1, 0.15) is 64.4 Å². The number of aliphatic hydroxyl groups excluding tert-OH is 1. The van der Waals surface area contributed by atoms with Gasteiger partial charge in [-0.15, -0.1) is 0 Å². The van der Waals surface area contributed by atoms with Crippen LogP contribution in [0.3, 0.4) is 0 Å². The molecule has 11 nitrogen and oxygen atoms in total. The molecule has 1 aliphatic carbocycles. The van der Waals surface area contributed by atoms with E-state index in [2.05, 4.69) is 9.88 Å². The van der Waals surface area contributed by atoms with Gasteiger partial charge in [-0.25, -0.2) is 8.78 Å². The predicted octanol–water partition coefficient (Wildman–Crippen LogP) is 5.53. The van der Waals surface area contributed by atoms with Crippen molar-refractivity contribution in [2.75, 3.05) is 57.6 Å². The van der Waals surface area contributed by atoms with E-state index in [1.54, 1.807) is 17.9 Å². The Labute approximate surface area is 307 Å². The van der Waals surface area contributed by atoms with E-state index >= 15 is 8.78 Å². The average molecular weight is 734 g/mol. The smallest absolute Gasteiger partial charge is 0.319 e. The van der Waals surface area contributed by atoms with E-state index in [1.165, 1.54) is 24.4 Å². The zero-order chi connectivity index (χ0) is 36.9. The van der Waals surface area contributed by atoms with E-state index < -0.39 is 23.3 Å². The number of hydrogen-bond acceptors (Lipinski definition) is 11. The summed E-state index contributed by atoms with van der Waals surface area (Å²) in [6, 6.07) is 6.69. The minimum atomic E-state index is -1.30. The number of piperidine rings is 1. The van der Waals surface area contributed by atoms with Gasteiger partial charge in [-0.2, -0.15) is 9.97 Å². The van der Waals surface area contributed by atoms with E-state index in [0.29, 0.717) is 47.3 Å². The van der Waals surface area contributed by atoms with Gasteiger partial charge in [0.25, 0.3) is 0 Å². The number of phenolic OH excluding ortho intramolecular Hbond substituents is 1. The monoisotopic (exact) mass is 733 g/mol. The van der Waals surface area contributed by atoms with Gasteiger partial charge in [-0.05, 0) is 92.9 Å². The molecule has 0 unspecified atom stereocenters. The number of fused-ring (bicyclic) bond motifs is 3. The van der Waals surface area contributed by atoms with Crippen molar-refractivity contribution < 1.29 is 38.3 Å². The van der Waals surface area contributed by atoms with Gasteiger partial charge in [0.1, 0.15) is 34.2 Å². The first-order chi connectivity index (χ1) is 25.6. The highest BCUT2D eigenvalue weighted by Crippen LogP contribution is 2.49. The van der Waals surface area contributed by atoms with Crippen LogP contribution in [0.25, 0.3) is 32.9 Å². The summed E-state index contributed by atoms with van der Waals surface area (Å²) in [5.74, 6) is -1.01. The fourth-order valence-electron chi connectivity index (χ4n) is 9.54. The lowest BCUT2D eigenvalue weighted by atomic mass is 9.74. The lowest BCUT2D eigenvalue weighted by molar-refractivity contribution is -0.0528. The minimum absolute atomic E-state index is 0.00169. The molecule has 4 atom stereocenters. The molecule has 53 heavy (non-hydrogen) atoms. The van der Waals surface area contributed by atoms with Gasteiger partial charge in [0.15, 0.2) is 5.82 Å². The Hall–Kier alpha value is -3.75. The summed E-state index contributed by atoms with van der Waals surface area (Å²) in [4.78, 5) is 18.6. The summed E-state index contributed by atoms with van der Waals surface area (Å²) in [6.45, 7) is 6.43. The number of anilines is 1. The molecule has 0 radical (unpaired) electrons. The maximum absolute atomic E-state index is 17.2. The number of halogens is 2. The molecule has 2 aromatic heterocycles. The van der Waals surface area contributed by atoms with Crippen LogP contribution in [0, 0.1) is 17.0 Å². The first-order valence-corrected chi connectivity index (χ1v) is 19.1. The number of rotatable bonds is 8. The molecule has 3 aliphatic heterocycles. The van der Waals surface area contributed by atoms with Crippen molar-refractivity contribution >= 4 is 27.5 Å². The third-order valence-corrected chi connectivity index (χ3v) is 12.0. The van der Waals surface area contributed by atoms with Gasteiger partial charge in [0.2, 0.25) is 0 Å². The normalized spacial score (nSPS) is 27.3. The molecule has 4 aliphatic rings. The Bertz CT molecular complexity index is 1990. The van der Waals surface area contributed by atoms with Gasteiger partial charge in [0.05, 0.1) is 37.9 Å². The molecule has 8 rings (SSSR count). The number of aryl methyl sites for hydroxylation is 1. The highest BCUT2D eigenvalue weighted by atomic mass is 19.1. The zero-order valence-corrected chi connectivity index (χ0v) is 30.5. The summed E-state index contributed by atoms with van der Waals surface area (Å²) in [5, 5.41) is 33.3. The highest BCUT2D eigenvalue weighted by molar-refractivity contribution is 6.01. The van der Waals surface area contributed by atoms with Gasteiger partial charge in [0, 0.05) is 49.0 Å². The van der Waals surface area contributed by atoms with E-state index in [9.17, 15) is 15.3 Å². The molecule has 284 valence electrons. The molecule has 3 N–H and O–H groups in total. The third-order valence-electron chi connectivity index (χ3n) is 12.0. The van der Waals surface area contributed by atoms with Gasteiger partial charge < -0.3 is 34.4 Å². The quantitative estimate of drug-likeness (QED) is 0.211. The van der Waals surface area contributed by atoms with Crippen molar-refractivity contribution in [3.8, 4) is 23.0 Å². The van der Waals surface area contributed by atoms with Crippen LogP contribution < -0.4 is 9.64 Å². The summed E-state index contributed by atoms with van der Waals surface area (Å²) in [7, 11) is 0. The van der Waals surface area contributed by atoms with E-state index in [1.807, 2.05) is 6.92 Å². The fraction of sp³-hybridized carbons (Fsp3) is 0.575. The number of β-amino-alcohol motifs (C(OH)–C–C–N with tert-alkyl or cyclic N) is 1. The molecule has 2 aromatic carbocycles.